The predicted molar refractivity (Wildman–Crippen MR) is 220 cm³/mol. The Morgan fingerprint density at radius 2 is 1.61 bits per heavy atom. The second kappa shape index (κ2) is 16.1. The fourth-order valence-electron chi connectivity index (χ4n) is 9.27. The first-order valence-corrected chi connectivity index (χ1v) is 22.7. The zero-order valence-corrected chi connectivity index (χ0v) is 33.7. The van der Waals surface area contributed by atoms with Gasteiger partial charge in [0.2, 0.25) is 15.9 Å². The third-order valence-electron chi connectivity index (χ3n) is 12.8. The number of furan rings is 1. The van der Waals surface area contributed by atoms with Crippen LogP contribution < -0.4 is 20.1 Å². The molecule has 2 aromatic carbocycles. The van der Waals surface area contributed by atoms with E-state index in [1.54, 1.807) is 0 Å². The molecule has 1 aliphatic heterocycles. The lowest BCUT2D eigenvalue weighted by molar-refractivity contribution is -0.136. The van der Waals surface area contributed by atoms with Crippen LogP contribution in [0.15, 0.2) is 77.2 Å². The average molecular weight is 823 g/mol. The molecule has 13 nitrogen and oxygen atoms in total. The number of pyridine rings is 1. The summed E-state index contributed by atoms with van der Waals surface area (Å²) < 4.78 is 47.0. The lowest BCUT2D eigenvalue weighted by Crippen LogP contribution is -2.54. The maximum atomic E-state index is 14.8. The molecule has 6 atom stereocenters. The highest BCUT2D eigenvalue weighted by Crippen LogP contribution is 2.47. The maximum absolute atomic E-state index is 14.8. The van der Waals surface area contributed by atoms with Gasteiger partial charge in [0.25, 0.3) is 5.91 Å². The predicted octanol–water partition coefficient (Wildman–Crippen LogP) is 7.03. The fourth-order valence-corrected chi connectivity index (χ4v) is 10.6. The van der Waals surface area contributed by atoms with E-state index in [0.29, 0.717) is 60.2 Å². The van der Waals surface area contributed by atoms with Crippen molar-refractivity contribution in [3.05, 3.63) is 72.8 Å². The Balaban J connectivity index is 1.05. The van der Waals surface area contributed by atoms with Gasteiger partial charge in [0.05, 0.1) is 22.9 Å². The van der Waals surface area contributed by atoms with Crippen LogP contribution in [0, 0.1) is 17.8 Å². The Morgan fingerprint density at radius 3 is 2.41 bits per heavy atom. The monoisotopic (exact) mass is 822 g/mol. The number of alkyl carbamates (subject to hydrolysis) is 1. The number of fused-ring (bicyclic) bond motifs is 5. The summed E-state index contributed by atoms with van der Waals surface area (Å²) in [5.74, 6) is -3.47. The van der Waals surface area contributed by atoms with E-state index < -0.39 is 68.6 Å². The van der Waals surface area contributed by atoms with Crippen LogP contribution >= 0.6 is 0 Å². The van der Waals surface area contributed by atoms with Crippen molar-refractivity contribution in [2.45, 2.75) is 119 Å². The summed E-state index contributed by atoms with van der Waals surface area (Å²) in [5.41, 5.74) is 1.73. The van der Waals surface area contributed by atoms with E-state index in [9.17, 15) is 27.6 Å². The van der Waals surface area contributed by atoms with E-state index in [1.807, 2.05) is 72.8 Å². The first-order chi connectivity index (χ1) is 28.6. The van der Waals surface area contributed by atoms with Gasteiger partial charge < -0.3 is 24.5 Å². The number of hydrogen-bond acceptors (Lipinski definition) is 10. The number of nitrogens with zero attached hydrogens (tertiary/aromatic N) is 1. The van der Waals surface area contributed by atoms with Crippen molar-refractivity contribution in [1.82, 2.24) is 20.3 Å². The van der Waals surface area contributed by atoms with Crippen LogP contribution in [0.5, 0.6) is 5.75 Å². The second-order valence-corrected chi connectivity index (χ2v) is 19.0. The van der Waals surface area contributed by atoms with E-state index in [-0.39, 0.29) is 31.1 Å². The number of sulfonamides is 1. The number of aromatic nitrogens is 1. The maximum Gasteiger partial charge on any atom is 0.407 e. The Hall–Kier alpha value is -5.24. The number of ketones is 1. The van der Waals surface area contributed by atoms with Gasteiger partial charge in [-0.15, -0.1) is 0 Å². The van der Waals surface area contributed by atoms with Crippen molar-refractivity contribution in [3.63, 3.8) is 0 Å². The normalized spacial score (nSPS) is 27.9. The number of benzene rings is 2. The molecule has 310 valence electrons. The van der Waals surface area contributed by atoms with Crippen LogP contribution in [0.25, 0.3) is 33.3 Å². The molecule has 4 aliphatic carbocycles. The molecule has 3 N–H and O–H groups in total. The Kier molecular flexibility index (Phi) is 10.7. The number of carbonyl (C=O) groups is 4. The third-order valence-corrected chi connectivity index (χ3v) is 14.6. The van der Waals surface area contributed by atoms with Crippen molar-refractivity contribution >= 4 is 55.8 Å². The standard InChI is InChI=1S/C45H50N4O9S/c50-40-33-23-30(56-38-25-36(27-13-5-4-6-14-27)46-39-32-18-11-12-20-37(32)58-41(38)39)24-34(33)42(51)48-45(43(52)49-59(54,55)31-21-22-31)26-28(45)15-7-2-1-3-8-19-35(40)47-44(53)57-29-16-9-10-17-29/h4-7,11-15,18,20,25,28-31,33-35H,1-3,8-10,16-17,19,21-24,26H2,(H,47,53)(H,48,51)(H,49,52)/t28-,30+,33?,34-,35+,45-/m1/s1. The molecule has 0 saturated heterocycles. The third kappa shape index (κ3) is 8.20. The van der Waals surface area contributed by atoms with E-state index in [4.69, 9.17) is 18.9 Å². The van der Waals surface area contributed by atoms with Crippen LogP contribution in [-0.4, -0.2) is 66.1 Å². The van der Waals surface area contributed by atoms with Crippen LogP contribution in [-0.2, 0) is 29.1 Å². The van der Waals surface area contributed by atoms with Crippen molar-refractivity contribution in [2.24, 2.45) is 17.8 Å². The number of rotatable bonds is 8. The molecule has 59 heavy (non-hydrogen) atoms. The highest BCUT2D eigenvalue weighted by molar-refractivity contribution is 7.91. The first-order valence-electron chi connectivity index (χ1n) is 21.2. The number of ether oxygens (including phenoxy) is 2. The number of allylic oxidation sites excluding steroid dienone is 1. The summed E-state index contributed by atoms with van der Waals surface area (Å²) in [4.78, 5) is 61.6. The van der Waals surface area contributed by atoms with Gasteiger partial charge in [0.1, 0.15) is 28.8 Å². The molecule has 4 aromatic rings. The zero-order valence-electron chi connectivity index (χ0n) is 32.9. The van der Waals surface area contributed by atoms with Crippen molar-refractivity contribution < 1.29 is 41.5 Å². The van der Waals surface area contributed by atoms with E-state index in [0.717, 1.165) is 49.5 Å². The van der Waals surface area contributed by atoms with Gasteiger partial charge in [0, 0.05) is 28.9 Å². The number of Topliss-reactive ketones (excluding diaryl/α,β-unsaturated/α-hetero) is 1. The van der Waals surface area contributed by atoms with Crippen LogP contribution in [0.3, 0.4) is 0 Å². The number of nitrogens with one attached hydrogen (secondary N) is 3. The van der Waals surface area contributed by atoms with Gasteiger partial charge in [-0.2, -0.15) is 0 Å². The molecule has 4 saturated carbocycles. The lowest BCUT2D eigenvalue weighted by atomic mass is 9.86. The lowest BCUT2D eigenvalue weighted by Gasteiger charge is -2.26. The number of para-hydroxylation sites is 1. The second-order valence-electron chi connectivity index (χ2n) is 17.0. The summed E-state index contributed by atoms with van der Waals surface area (Å²) in [7, 11) is -3.89. The van der Waals surface area contributed by atoms with Crippen LogP contribution in [0.4, 0.5) is 4.79 Å². The van der Waals surface area contributed by atoms with Gasteiger partial charge in [-0.1, -0.05) is 67.5 Å². The summed E-state index contributed by atoms with van der Waals surface area (Å²) in [6, 6.07) is 18.2. The SMILES string of the molecule is O=C(N[C@H]1CCCCCC=C[C@@H]2C[C@@]2(C(=O)NS(=O)(=O)C2CC2)NC(=O)[C@@H]2C[C@@H](Oc3cc(-c4ccccc4)nc4c3oc3ccccc34)CC2C1=O)OC1CCCC1. The Labute approximate surface area is 343 Å². The van der Waals surface area contributed by atoms with E-state index in [1.165, 1.54) is 0 Å². The summed E-state index contributed by atoms with van der Waals surface area (Å²) in [6.45, 7) is 0. The first kappa shape index (κ1) is 39.2. The van der Waals surface area contributed by atoms with Gasteiger partial charge in [0.15, 0.2) is 17.1 Å². The van der Waals surface area contributed by atoms with Crippen LogP contribution in [0.2, 0.25) is 0 Å². The number of amides is 3. The molecule has 5 aliphatic rings. The molecule has 0 radical (unpaired) electrons. The van der Waals surface area contributed by atoms with E-state index in [2.05, 4.69) is 15.4 Å². The van der Waals surface area contributed by atoms with Crippen molar-refractivity contribution in [1.29, 1.82) is 0 Å². The molecule has 1 unspecified atom stereocenters. The number of hydrogen-bond donors (Lipinski definition) is 3. The molecule has 14 heteroatoms. The molecule has 4 fully saturated rings. The van der Waals surface area contributed by atoms with Crippen LogP contribution in [0.1, 0.15) is 89.9 Å². The van der Waals surface area contributed by atoms with Gasteiger partial charge in [-0.05, 0) is 89.2 Å². The molecule has 2 aromatic heterocycles. The van der Waals surface area contributed by atoms with Gasteiger partial charge >= 0.3 is 6.09 Å². The smallest absolute Gasteiger partial charge is 0.407 e. The summed E-state index contributed by atoms with van der Waals surface area (Å²) >= 11 is 0. The fraction of sp³-hybridized carbons (Fsp3) is 0.489. The van der Waals surface area contributed by atoms with E-state index >= 15 is 0 Å². The topological polar surface area (TPSA) is 183 Å². The molecule has 9 rings (SSSR count). The van der Waals surface area contributed by atoms with Crippen molar-refractivity contribution in [3.8, 4) is 17.0 Å². The minimum Gasteiger partial charge on any atom is -0.486 e. The summed E-state index contributed by atoms with van der Waals surface area (Å²) in [5, 5.41) is 6.03. The minimum atomic E-state index is -3.89. The summed E-state index contributed by atoms with van der Waals surface area (Å²) in [6.07, 6.45) is 10.7. The van der Waals surface area contributed by atoms with Gasteiger partial charge in [-0.25, -0.2) is 18.2 Å². The highest BCUT2D eigenvalue weighted by Gasteiger charge is 2.62. The average Bonchev–Trinajstić information content (AvgIpc) is 4.04. The van der Waals surface area contributed by atoms with Crippen molar-refractivity contribution in [2.75, 3.05) is 0 Å². The molecule has 3 amide bonds. The molecular weight excluding hydrogens is 773 g/mol. The zero-order chi connectivity index (χ0) is 40.7. The minimum absolute atomic E-state index is 0.116. The quantitative estimate of drug-likeness (QED) is 0.156. The Bertz CT molecular complexity index is 2410. The molecule has 0 spiro atoms. The molecule has 3 heterocycles. The number of carbonyl (C=O) groups excluding carboxylic acids is 4. The van der Waals surface area contributed by atoms with Gasteiger partial charge in [-0.3, -0.25) is 19.1 Å². The largest absolute Gasteiger partial charge is 0.486 e. The molecule has 0 bridgehead atoms. The molecular formula is C45H50N4O9S. The highest BCUT2D eigenvalue weighted by atomic mass is 32.2. The Morgan fingerprint density at radius 1 is 0.864 bits per heavy atom.